The second-order valence-electron chi connectivity index (χ2n) is 4.04. The predicted molar refractivity (Wildman–Crippen MR) is 69.7 cm³/mol. The van der Waals surface area contributed by atoms with Crippen molar-refractivity contribution in [2.75, 3.05) is 11.5 Å². The van der Waals surface area contributed by atoms with Crippen LogP contribution >= 0.6 is 11.8 Å². The number of halogens is 1. The first-order chi connectivity index (χ1) is 8.32. The summed E-state index contributed by atoms with van der Waals surface area (Å²) in [7, 11) is 0. The van der Waals surface area contributed by atoms with Crippen molar-refractivity contribution in [2.45, 2.75) is 26.1 Å². The maximum absolute atomic E-state index is 13.2. The molecule has 0 saturated heterocycles. The van der Waals surface area contributed by atoms with Crippen LogP contribution in [0.1, 0.15) is 24.2 Å². The molecule has 0 aliphatic heterocycles. The van der Waals surface area contributed by atoms with Crippen LogP contribution in [0.2, 0.25) is 0 Å². The van der Waals surface area contributed by atoms with Crippen molar-refractivity contribution in [3.8, 4) is 0 Å². The van der Waals surface area contributed by atoms with E-state index in [1.807, 2.05) is 0 Å². The number of nitrogen functional groups attached to an aromatic ring is 1. The number of benzene rings is 1. The highest BCUT2D eigenvalue weighted by Crippen LogP contribution is 2.28. The van der Waals surface area contributed by atoms with Crippen molar-refractivity contribution in [1.82, 2.24) is 0 Å². The van der Waals surface area contributed by atoms with Crippen molar-refractivity contribution in [3.63, 3.8) is 0 Å². The van der Waals surface area contributed by atoms with E-state index < -0.39 is 18.0 Å². The lowest BCUT2D eigenvalue weighted by Gasteiger charge is -2.20. The molecule has 0 aromatic heterocycles. The van der Waals surface area contributed by atoms with Gasteiger partial charge in [0.25, 0.3) is 0 Å². The molecule has 0 bridgehead atoms. The van der Waals surface area contributed by atoms with Gasteiger partial charge in [0.15, 0.2) is 5.12 Å². The number of aliphatic hydroxyl groups excluding tert-OH is 2. The molecule has 4 nitrogen and oxygen atoms in total. The second-order valence-corrected chi connectivity index (χ2v) is 5.24. The Bertz CT molecular complexity index is 453. The van der Waals surface area contributed by atoms with E-state index in [1.54, 1.807) is 6.92 Å². The summed E-state index contributed by atoms with van der Waals surface area (Å²) in [4.78, 5) is 10.8. The summed E-state index contributed by atoms with van der Waals surface area (Å²) < 4.78 is 13.2. The van der Waals surface area contributed by atoms with E-state index >= 15 is 0 Å². The minimum Gasteiger partial charge on any atom is -0.398 e. The van der Waals surface area contributed by atoms with E-state index in [9.17, 15) is 19.4 Å². The monoisotopic (exact) mass is 273 g/mol. The fourth-order valence-corrected chi connectivity index (χ4v) is 2.11. The molecule has 0 amide bonds. The topological polar surface area (TPSA) is 83.5 Å². The van der Waals surface area contributed by atoms with Crippen LogP contribution in [0, 0.1) is 12.7 Å². The third-order valence-electron chi connectivity index (χ3n) is 2.52. The Morgan fingerprint density at radius 2 is 2.11 bits per heavy atom. The fraction of sp³-hybridized carbons (Fsp3) is 0.417. The average molecular weight is 273 g/mol. The normalized spacial score (nSPS) is 14.3. The first-order valence-corrected chi connectivity index (χ1v) is 6.36. The van der Waals surface area contributed by atoms with Gasteiger partial charge in [-0.15, -0.1) is 0 Å². The molecule has 2 unspecified atom stereocenters. The van der Waals surface area contributed by atoms with Gasteiger partial charge in [-0.05, 0) is 24.6 Å². The molecule has 1 aromatic carbocycles. The molecule has 100 valence electrons. The van der Waals surface area contributed by atoms with Gasteiger partial charge in [0.2, 0.25) is 0 Å². The van der Waals surface area contributed by atoms with E-state index in [2.05, 4.69) is 0 Å². The Hall–Kier alpha value is -1.11. The van der Waals surface area contributed by atoms with Crippen LogP contribution < -0.4 is 5.73 Å². The number of aryl methyl sites for hydroxylation is 1. The molecule has 18 heavy (non-hydrogen) atoms. The van der Waals surface area contributed by atoms with Gasteiger partial charge in [-0.2, -0.15) is 0 Å². The number of aliphatic hydroxyl groups is 2. The number of hydrogen-bond acceptors (Lipinski definition) is 5. The summed E-state index contributed by atoms with van der Waals surface area (Å²) >= 11 is 0.893. The molecule has 4 N–H and O–H groups in total. The van der Waals surface area contributed by atoms with Gasteiger partial charge in [0.1, 0.15) is 11.9 Å². The first kappa shape index (κ1) is 14.9. The van der Waals surface area contributed by atoms with Crippen molar-refractivity contribution < 1.29 is 19.4 Å². The summed E-state index contributed by atoms with van der Waals surface area (Å²) in [6.45, 7) is 2.98. The highest BCUT2D eigenvalue weighted by atomic mass is 32.2. The largest absolute Gasteiger partial charge is 0.398 e. The number of carbonyl (C=O) groups excluding carboxylic acids is 1. The molecular formula is C12H16FNO3S. The molecule has 0 saturated carbocycles. The summed E-state index contributed by atoms with van der Waals surface area (Å²) in [5.74, 6) is -0.493. The Kier molecular flexibility index (Phi) is 5.13. The van der Waals surface area contributed by atoms with Crippen LogP contribution in [0.4, 0.5) is 10.1 Å². The maximum atomic E-state index is 13.2. The number of hydrogen-bond donors (Lipinski definition) is 3. The smallest absolute Gasteiger partial charge is 0.185 e. The van der Waals surface area contributed by atoms with E-state index in [4.69, 9.17) is 5.73 Å². The van der Waals surface area contributed by atoms with Gasteiger partial charge in [-0.25, -0.2) is 4.39 Å². The number of anilines is 1. The highest BCUT2D eigenvalue weighted by molar-refractivity contribution is 8.13. The van der Waals surface area contributed by atoms with Crippen LogP contribution in [-0.2, 0) is 4.79 Å². The summed E-state index contributed by atoms with van der Waals surface area (Å²) in [5, 5.41) is 19.5. The Labute approximate surface area is 109 Å². The molecule has 0 aliphatic carbocycles. The second kappa shape index (κ2) is 6.17. The van der Waals surface area contributed by atoms with Crippen LogP contribution in [-0.4, -0.2) is 27.2 Å². The molecule has 6 heteroatoms. The van der Waals surface area contributed by atoms with Crippen molar-refractivity contribution in [1.29, 1.82) is 0 Å². The number of nitrogens with two attached hydrogens (primary N) is 1. The van der Waals surface area contributed by atoms with Crippen LogP contribution in [0.25, 0.3) is 0 Å². The Morgan fingerprint density at radius 3 is 2.67 bits per heavy atom. The molecule has 0 radical (unpaired) electrons. The maximum Gasteiger partial charge on any atom is 0.185 e. The molecule has 0 heterocycles. The number of carbonyl (C=O) groups is 1. The zero-order chi connectivity index (χ0) is 13.9. The van der Waals surface area contributed by atoms with E-state index in [0.29, 0.717) is 5.56 Å². The minimum atomic E-state index is -1.31. The van der Waals surface area contributed by atoms with Gasteiger partial charge in [-0.3, -0.25) is 4.79 Å². The van der Waals surface area contributed by atoms with Crippen molar-refractivity contribution >= 4 is 22.6 Å². The molecule has 1 aromatic rings. The molecule has 0 fully saturated rings. The standard InChI is InChI=1S/C12H16FNO3S/c1-6-3-8(13)4-9(11(6)14)12(17)10(16)5-18-7(2)15/h3-4,10,12,16-17H,5,14H2,1-2H3. The molecule has 0 aliphatic rings. The quantitative estimate of drug-likeness (QED) is 0.722. The van der Waals surface area contributed by atoms with E-state index in [1.165, 1.54) is 13.0 Å². The van der Waals surface area contributed by atoms with Crippen LogP contribution in [0.5, 0.6) is 0 Å². The summed E-state index contributed by atoms with van der Waals surface area (Å²) in [5.41, 5.74) is 6.62. The predicted octanol–water partition coefficient (Wildman–Crippen LogP) is 1.39. The number of rotatable bonds is 4. The SMILES string of the molecule is CC(=O)SCC(O)C(O)c1cc(F)cc(C)c1N. The molecule has 2 atom stereocenters. The lowest BCUT2D eigenvalue weighted by atomic mass is 10.00. The van der Waals surface area contributed by atoms with Gasteiger partial charge in [0, 0.05) is 23.9 Å². The van der Waals surface area contributed by atoms with E-state index in [-0.39, 0.29) is 22.1 Å². The zero-order valence-electron chi connectivity index (χ0n) is 10.2. The highest BCUT2D eigenvalue weighted by Gasteiger charge is 2.22. The van der Waals surface area contributed by atoms with Crippen LogP contribution in [0.15, 0.2) is 12.1 Å². The Morgan fingerprint density at radius 1 is 1.50 bits per heavy atom. The van der Waals surface area contributed by atoms with Gasteiger partial charge < -0.3 is 15.9 Å². The molecule has 0 spiro atoms. The zero-order valence-corrected chi connectivity index (χ0v) is 11.0. The average Bonchev–Trinajstić information content (AvgIpc) is 2.29. The van der Waals surface area contributed by atoms with Crippen molar-refractivity contribution in [3.05, 3.63) is 29.1 Å². The van der Waals surface area contributed by atoms with Gasteiger partial charge in [-0.1, -0.05) is 11.8 Å². The first-order valence-electron chi connectivity index (χ1n) is 5.38. The third kappa shape index (κ3) is 3.69. The lowest BCUT2D eigenvalue weighted by molar-refractivity contribution is -0.109. The Balaban J connectivity index is 2.89. The minimum absolute atomic E-state index is 0.0332. The van der Waals surface area contributed by atoms with Gasteiger partial charge in [0.05, 0.1) is 6.10 Å². The van der Waals surface area contributed by atoms with E-state index in [0.717, 1.165) is 17.8 Å². The summed E-state index contributed by atoms with van der Waals surface area (Å²) in [6.07, 6.45) is -2.49. The summed E-state index contributed by atoms with van der Waals surface area (Å²) in [6, 6.07) is 2.34. The third-order valence-corrected chi connectivity index (χ3v) is 3.44. The molecule has 1 rings (SSSR count). The van der Waals surface area contributed by atoms with Crippen LogP contribution in [0.3, 0.4) is 0 Å². The molecular weight excluding hydrogens is 257 g/mol. The fourth-order valence-electron chi connectivity index (χ4n) is 1.53. The van der Waals surface area contributed by atoms with Crippen molar-refractivity contribution in [2.24, 2.45) is 0 Å². The number of thioether (sulfide) groups is 1. The van der Waals surface area contributed by atoms with Gasteiger partial charge >= 0.3 is 0 Å². The lowest BCUT2D eigenvalue weighted by Crippen LogP contribution is -2.22.